The Morgan fingerprint density at radius 2 is 1.74 bits per heavy atom. The van der Waals surface area contributed by atoms with Crippen molar-refractivity contribution in [2.75, 3.05) is 13.7 Å². The van der Waals surface area contributed by atoms with E-state index in [9.17, 15) is 40.8 Å². The molecule has 2 saturated carbocycles. The van der Waals surface area contributed by atoms with Crippen molar-refractivity contribution in [1.82, 2.24) is 25.2 Å². The zero-order valence-electron chi connectivity index (χ0n) is 31.0. The quantitative estimate of drug-likeness (QED) is 0.267. The largest absolute Gasteiger partial charge is 0.497 e. The number of carbonyl (C=O) groups is 4. The molecule has 54 heavy (non-hydrogen) atoms. The van der Waals surface area contributed by atoms with Crippen LogP contribution < -0.4 is 24.8 Å². The summed E-state index contributed by atoms with van der Waals surface area (Å²) in [6, 6.07) is 4.10. The molecule has 5 rings (SSSR count). The first-order valence-corrected chi connectivity index (χ1v) is 18.9. The summed E-state index contributed by atoms with van der Waals surface area (Å²) < 4.78 is 88.9. The van der Waals surface area contributed by atoms with Gasteiger partial charge < -0.3 is 29.7 Å². The van der Waals surface area contributed by atoms with Crippen LogP contribution >= 0.6 is 0 Å². The minimum absolute atomic E-state index is 0.108. The fourth-order valence-corrected chi connectivity index (χ4v) is 7.33. The summed E-state index contributed by atoms with van der Waals surface area (Å²) in [6.07, 6.45) is -4.90. The van der Waals surface area contributed by atoms with Gasteiger partial charge in [0.25, 0.3) is 5.91 Å². The van der Waals surface area contributed by atoms with Gasteiger partial charge in [0, 0.05) is 18.0 Å². The second kappa shape index (κ2) is 14.7. The smallest absolute Gasteiger partial charge is 0.427 e. The molecular formula is C35H46F3N5O10S. The number of carbonyl (C=O) groups excluding carboxylic acids is 4. The Kier molecular flexibility index (Phi) is 11.1. The second-order valence-electron chi connectivity index (χ2n) is 15.5. The normalized spacial score (nSPS) is 23.7. The molecule has 5 atom stereocenters. The number of halogens is 3. The molecule has 0 bridgehead atoms. The molecule has 3 N–H and O–H groups in total. The van der Waals surface area contributed by atoms with Crippen molar-refractivity contribution in [1.29, 1.82) is 0 Å². The molecule has 3 fully saturated rings. The van der Waals surface area contributed by atoms with Crippen LogP contribution in [0.5, 0.6) is 11.6 Å². The minimum atomic E-state index is -4.92. The molecular weight excluding hydrogens is 739 g/mol. The highest BCUT2D eigenvalue weighted by Gasteiger charge is 2.62. The number of hydrogen-bond acceptors (Lipinski definition) is 11. The Morgan fingerprint density at radius 3 is 2.31 bits per heavy atom. The predicted octanol–water partition coefficient (Wildman–Crippen LogP) is 3.90. The summed E-state index contributed by atoms with van der Waals surface area (Å²) in [5.41, 5.74) is -5.64. The Hall–Kier alpha value is -4.39. The maximum Gasteiger partial charge on any atom is 0.427 e. The molecule has 0 radical (unpaired) electrons. The third-order valence-corrected chi connectivity index (χ3v) is 10.8. The average molecular weight is 786 g/mol. The number of methoxy groups -OCH3 is 1. The molecule has 3 aliphatic rings. The van der Waals surface area contributed by atoms with Crippen LogP contribution in [0.25, 0.3) is 10.8 Å². The fourth-order valence-electron chi connectivity index (χ4n) is 6.32. The van der Waals surface area contributed by atoms with Crippen LogP contribution in [0.1, 0.15) is 73.6 Å². The Morgan fingerprint density at radius 1 is 1.06 bits per heavy atom. The van der Waals surface area contributed by atoms with E-state index in [4.69, 9.17) is 18.4 Å². The number of hydrogen-bond donors (Lipinski definition) is 3. The van der Waals surface area contributed by atoms with Crippen molar-refractivity contribution in [3.63, 3.8) is 0 Å². The van der Waals surface area contributed by atoms with Crippen molar-refractivity contribution in [2.24, 2.45) is 11.3 Å². The zero-order chi connectivity index (χ0) is 40.0. The third kappa shape index (κ3) is 8.93. The predicted molar refractivity (Wildman–Crippen MR) is 186 cm³/mol. The summed E-state index contributed by atoms with van der Waals surface area (Å²) in [5.74, 6) is -2.32. The Bertz CT molecular complexity index is 1900. The van der Waals surface area contributed by atoms with E-state index >= 15 is 0 Å². The summed E-state index contributed by atoms with van der Waals surface area (Å²) in [6.45, 7) is 7.56. The van der Waals surface area contributed by atoms with Gasteiger partial charge in [-0.15, -0.1) is 0 Å². The highest BCUT2D eigenvalue weighted by Crippen LogP contribution is 2.47. The van der Waals surface area contributed by atoms with Gasteiger partial charge in [-0.2, -0.15) is 21.6 Å². The van der Waals surface area contributed by atoms with Crippen LogP contribution in [0, 0.1) is 11.3 Å². The standard InChI is InChI=1S/C35H46F3N5O10S/c1-8-20-17-34(20,30(46)42-54(48,49)53-21-9-10-21)41-27(44)25-16-23(51-28-24-12-11-22(50-7)15-19(24)13-14-39-28)18-43(25)29(45)26(32(2,3)4)40-31(47)52-33(5,6)35(36,37)38/h11-15,20-21,23,25-26H,8-10,16-18H2,1-7H3,(H,40,47)(H,41,44)(H,42,46)/t20-,23-,25+,26-,34-/m1/s1. The molecule has 298 valence electrons. The molecule has 1 aliphatic heterocycles. The maximum absolute atomic E-state index is 14.4. The third-order valence-electron chi connectivity index (χ3n) is 9.82. The highest BCUT2D eigenvalue weighted by molar-refractivity contribution is 7.85. The van der Waals surface area contributed by atoms with Crippen LogP contribution in [0.3, 0.4) is 0 Å². The number of ether oxygens (including phenoxy) is 3. The lowest BCUT2D eigenvalue weighted by Crippen LogP contribution is -2.60. The number of likely N-dealkylation sites (tertiary alicyclic amines) is 1. The molecule has 19 heteroatoms. The van der Waals surface area contributed by atoms with E-state index in [-0.39, 0.29) is 25.3 Å². The molecule has 2 aromatic rings. The molecule has 1 aromatic heterocycles. The zero-order valence-corrected chi connectivity index (χ0v) is 31.9. The molecule has 0 spiro atoms. The summed E-state index contributed by atoms with van der Waals surface area (Å²) in [5, 5.41) is 6.29. The summed E-state index contributed by atoms with van der Waals surface area (Å²) in [4.78, 5) is 60.4. The lowest BCUT2D eigenvalue weighted by molar-refractivity contribution is -0.244. The van der Waals surface area contributed by atoms with Crippen LogP contribution in [-0.2, 0) is 33.6 Å². The van der Waals surface area contributed by atoms with Gasteiger partial charge in [-0.25, -0.2) is 14.5 Å². The van der Waals surface area contributed by atoms with Gasteiger partial charge in [-0.05, 0) is 74.1 Å². The molecule has 0 unspecified atom stereocenters. The lowest BCUT2D eigenvalue weighted by Gasteiger charge is -2.36. The number of amides is 4. The van der Waals surface area contributed by atoms with Crippen molar-refractivity contribution in [3.05, 3.63) is 30.5 Å². The minimum Gasteiger partial charge on any atom is -0.497 e. The lowest BCUT2D eigenvalue weighted by atomic mass is 9.85. The maximum atomic E-state index is 14.4. The molecule has 1 saturated heterocycles. The molecule has 15 nitrogen and oxygen atoms in total. The second-order valence-corrected chi connectivity index (χ2v) is 16.8. The average Bonchev–Trinajstić information content (AvgIpc) is 3.97. The number of fused-ring (bicyclic) bond motifs is 1. The van der Waals surface area contributed by atoms with E-state index in [0.717, 1.165) is 10.3 Å². The number of rotatable bonds is 13. The van der Waals surface area contributed by atoms with Crippen molar-refractivity contribution in [3.8, 4) is 11.6 Å². The van der Waals surface area contributed by atoms with E-state index in [0.29, 0.717) is 44.2 Å². The van der Waals surface area contributed by atoms with Crippen LogP contribution in [0.2, 0.25) is 0 Å². The van der Waals surface area contributed by atoms with Crippen molar-refractivity contribution >= 4 is 44.9 Å². The SMILES string of the molecule is CC[C@@H]1C[C@]1(NC(=O)[C@@H]1C[C@@H](Oc2nccc3cc(OC)ccc23)CN1C(=O)[C@@H](NC(=O)OC(C)(C)C(F)(F)F)C(C)(C)C)C(=O)NS(=O)(=O)OC1CC1. The number of benzene rings is 1. The number of aromatic nitrogens is 1. The first kappa shape index (κ1) is 40.8. The van der Waals surface area contributed by atoms with Crippen molar-refractivity contribution in [2.45, 2.75) is 115 Å². The van der Waals surface area contributed by atoms with Gasteiger partial charge in [-0.3, -0.25) is 18.6 Å². The summed E-state index contributed by atoms with van der Waals surface area (Å²) in [7, 11) is -2.95. The van der Waals surface area contributed by atoms with E-state index in [2.05, 4.69) is 15.6 Å². The van der Waals surface area contributed by atoms with E-state index in [1.54, 1.807) is 52.0 Å². The van der Waals surface area contributed by atoms with Gasteiger partial charge in [-0.1, -0.05) is 34.1 Å². The van der Waals surface area contributed by atoms with E-state index in [1.807, 2.05) is 4.72 Å². The van der Waals surface area contributed by atoms with Gasteiger partial charge in [0.15, 0.2) is 0 Å². The first-order valence-electron chi connectivity index (χ1n) is 17.5. The molecule has 2 heterocycles. The molecule has 2 aliphatic carbocycles. The Labute approximate surface area is 311 Å². The van der Waals surface area contributed by atoms with Gasteiger partial charge in [0.05, 0.1) is 19.8 Å². The first-order chi connectivity index (χ1) is 25.0. The van der Waals surface area contributed by atoms with Gasteiger partial charge in [0.2, 0.25) is 23.3 Å². The molecule has 1 aromatic carbocycles. The number of alkyl carbamates (subject to hydrolysis) is 1. The fraction of sp³-hybridized carbons (Fsp3) is 0.629. The highest BCUT2D eigenvalue weighted by atomic mass is 32.2. The van der Waals surface area contributed by atoms with E-state index in [1.165, 1.54) is 13.3 Å². The number of nitrogens with one attached hydrogen (secondary N) is 3. The number of nitrogens with zero attached hydrogens (tertiary/aromatic N) is 2. The van der Waals surface area contributed by atoms with Crippen LogP contribution in [0.15, 0.2) is 30.5 Å². The molecule has 4 amide bonds. The topological polar surface area (TPSA) is 192 Å². The number of alkyl halides is 3. The van der Waals surface area contributed by atoms with Gasteiger partial charge in [0.1, 0.15) is 29.5 Å². The van der Waals surface area contributed by atoms with Crippen molar-refractivity contribution < 1.29 is 59.2 Å². The van der Waals surface area contributed by atoms with Crippen LogP contribution in [-0.4, -0.2) is 97.4 Å². The monoisotopic (exact) mass is 785 g/mol. The van der Waals surface area contributed by atoms with E-state index < -0.39 is 87.1 Å². The van der Waals surface area contributed by atoms with Crippen LogP contribution in [0.4, 0.5) is 18.0 Å². The van der Waals surface area contributed by atoms with Gasteiger partial charge >= 0.3 is 22.6 Å². The summed E-state index contributed by atoms with van der Waals surface area (Å²) >= 11 is 0. The number of pyridine rings is 1. The Balaban J connectivity index is 1.44.